The lowest BCUT2D eigenvalue weighted by Gasteiger charge is -2.28. The zero-order valence-electron chi connectivity index (χ0n) is 11.8. The van der Waals surface area contributed by atoms with Crippen molar-refractivity contribution in [3.05, 3.63) is 35.4 Å². The molecule has 0 fully saturated rings. The van der Waals surface area contributed by atoms with Crippen LogP contribution in [0, 0.1) is 5.41 Å². The molecule has 0 saturated heterocycles. The highest BCUT2D eigenvalue weighted by atomic mass is 16.1. The fraction of sp³-hybridized carbons (Fsp3) is 0.562. The Kier molecular flexibility index (Phi) is 5.54. The summed E-state index contributed by atoms with van der Waals surface area (Å²) in [5, 5.41) is 0. The third-order valence-corrected chi connectivity index (χ3v) is 3.95. The summed E-state index contributed by atoms with van der Waals surface area (Å²) in [5.41, 5.74) is 7.51. The topological polar surface area (TPSA) is 43.1 Å². The van der Waals surface area contributed by atoms with Crippen LogP contribution < -0.4 is 5.73 Å². The molecule has 0 heterocycles. The monoisotopic (exact) mass is 247 g/mol. The molecule has 1 rings (SSSR count). The van der Waals surface area contributed by atoms with Crippen molar-refractivity contribution in [2.24, 2.45) is 11.1 Å². The first-order chi connectivity index (χ1) is 8.63. The Morgan fingerprint density at radius 3 is 2.39 bits per heavy atom. The Morgan fingerprint density at radius 2 is 1.89 bits per heavy atom. The molecule has 2 heteroatoms. The van der Waals surface area contributed by atoms with Gasteiger partial charge in [-0.15, -0.1) is 0 Å². The van der Waals surface area contributed by atoms with Gasteiger partial charge < -0.3 is 5.73 Å². The highest BCUT2D eigenvalue weighted by molar-refractivity contribution is 6.00. The van der Waals surface area contributed by atoms with Crippen molar-refractivity contribution in [2.75, 3.05) is 6.54 Å². The maximum absolute atomic E-state index is 12.6. The number of nitrogens with two attached hydrogens (primary N) is 1. The number of Topliss-reactive ketones (excluding diaryl/α,β-unsaturated/α-hetero) is 1. The molecule has 0 aliphatic rings. The Bertz CT molecular complexity index is 386. The number of hydrogen-bond donors (Lipinski definition) is 1. The molecule has 18 heavy (non-hydrogen) atoms. The molecule has 2 nitrogen and oxygen atoms in total. The second-order valence-electron chi connectivity index (χ2n) is 4.97. The van der Waals surface area contributed by atoms with E-state index in [9.17, 15) is 4.79 Å². The number of benzene rings is 1. The summed E-state index contributed by atoms with van der Waals surface area (Å²) in [4.78, 5) is 12.6. The van der Waals surface area contributed by atoms with Crippen LogP contribution in [0.25, 0.3) is 0 Å². The molecule has 1 aromatic carbocycles. The highest BCUT2D eigenvalue weighted by Crippen LogP contribution is 2.30. The first kappa shape index (κ1) is 14.9. The molecule has 0 radical (unpaired) electrons. The number of carbonyl (C=O) groups is 1. The quantitative estimate of drug-likeness (QED) is 0.748. The third-order valence-electron chi connectivity index (χ3n) is 3.95. The van der Waals surface area contributed by atoms with E-state index < -0.39 is 0 Å². The number of rotatable bonds is 7. The van der Waals surface area contributed by atoms with Gasteiger partial charge >= 0.3 is 0 Å². The summed E-state index contributed by atoms with van der Waals surface area (Å²) in [6.07, 6.45) is 3.73. The van der Waals surface area contributed by atoms with E-state index in [1.54, 1.807) is 0 Å². The molecular formula is C16H25NO. The number of ketones is 1. The first-order valence-corrected chi connectivity index (χ1v) is 6.97. The van der Waals surface area contributed by atoms with Crippen molar-refractivity contribution >= 4 is 5.78 Å². The molecule has 0 amide bonds. The van der Waals surface area contributed by atoms with Crippen LogP contribution in [0.1, 0.15) is 56.0 Å². The lowest BCUT2D eigenvalue weighted by Crippen LogP contribution is -2.37. The molecule has 0 atom stereocenters. The summed E-state index contributed by atoms with van der Waals surface area (Å²) < 4.78 is 0. The summed E-state index contributed by atoms with van der Waals surface area (Å²) >= 11 is 0. The van der Waals surface area contributed by atoms with E-state index in [4.69, 9.17) is 5.73 Å². The lowest BCUT2D eigenvalue weighted by molar-refractivity contribution is 0.0787. The van der Waals surface area contributed by atoms with E-state index in [1.807, 2.05) is 32.0 Å². The first-order valence-electron chi connectivity index (χ1n) is 6.97. The Morgan fingerprint density at radius 1 is 1.22 bits per heavy atom. The minimum absolute atomic E-state index is 0.202. The van der Waals surface area contributed by atoms with Crippen molar-refractivity contribution in [3.63, 3.8) is 0 Å². The van der Waals surface area contributed by atoms with Gasteiger partial charge in [0.05, 0.1) is 0 Å². The SMILES string of the molecule is CCCc1cccc(C(=O)C(CC)(CC)CN)c1. The van der Waals surface area contributed by atoms with E-state index in [2.05, 4.69) is 13.0 Å². The van der Waals surface area contributed by atoms with E-state index in [0.29, 0.717) is 6.54 Å². The largest absolute Gasteiger partial charge is 0.329 e. The van der Waals surface area contributed by atoms with Gasteiger partial charge in [-0.1, -0.05) is 45.4 Å². The van der Waals surface area contributed by atoms with Gasteiger partial charge in [0.1, 0.15) is 0 Å². The van der Waals surface area contributed by atoms with Crippen molar-refractivity contribution in [1.29, 1.82) is 0 Å². The molecule has 0 aliphatic carbocycles. The van der Waals surface area contributed by atoms with Crippen LogP contribution in [0.3, 0.4) is 0 Å². The van der Waals surface area contributed by atoms with Gasteiger partial charge in [0.2, 0.25) is 0 Å². The molecule has 0 bridgehead atoms. The second-order valence-corrected chi connectivity index (χ2v) is 4.97. The lowest BCUT2D eigenvalue weighted by atomic mass is 9.75. The van der Waals surface area contributed by atoms with Crippen LogP contribution >= 0.6 is 0 Å². The molecule has 100 valence electrons. The van der Waals surface area contributed by atoms with Crippen molar-refractivity contribution in [1.82, 2.24) is 0 Å². The second kappa shape index (κ2) is 6.69. The maximum Gasteiger partial charge on any atom is 0.170 e. The Labute approximate surface area is 111 Å². The van der Waals surface area contributed by atoms with Crippen molar-refractivity contribution in [3.8, 4) is 0 Å². The van der Waals surface area contributed by atoms with Gasteiger partial charge in [0.25, 0.3) is 0 Å². The zero-order chi connectivity index (χ0) is 13.6. The summed E-state index contributed by atoms with van der Waals surface area (Å²) in [5.74, 6) is 0.202. The molecule has 0 unspecified atom stereocenters. The fourth-order valence-electron chi connectivity index (χ4n) is 2.42. The van der Waals surface area contributed by atoms with Crippen LogP contribution in [0.5, 0.6) is 0 Å². The standard InChI is InChI=1S/C16H25NO/c1-4-8-13-9-7-10-14(11-13)15(18)16(5-2,6-3)12-17/h7,9-11H,4-6,8,12,17H2,1-3H3. The highest BCUT2D eigenvalue weighted by Gasteiger charge is 2.33. The molecule has 0 spiro atoms. The molecule has 0 aromatic heterocycles. The van der Waals surface area contributed by atoms with E-state index >= 15 is 0 Å². The Balaban J connectivity index is 3.05. The normalized spacial score (nSPS) is 11.6. The molecule has 1 aromatic rings. The van der Waals surface area contributed by atoms with Gasteiger partial charge in [0, 0.05) is 17.5 Å². The minimum atomic E-state index is -0.384. The predicted molar refractivity (Wildman–Crippen MR) is 76.8 cm³/mol. The molecule has 2 N–H and O–H groups in total. The summed E-state index contributed by atoms with van der Waals surface area (Å²) in [6, 6.07) is 8.01. The average Bonchev–Trinajstić information content (AvgIpc) is 2.42. The van der Waals surface area contributed by atoms with Crippen LogP contribution in [-0.4, -0.2) is 12.3 Å². The van der Waals surface area contributed by atoms with Crippen LogP contribution in [0.15, 0.2) is 24.3 Å². The summed E-state index contributed by atoms with van der Waals surface area (Å²) in [6.45, 7) is 6.67. The van der Waals surface area contributed by atoms with Gasteiger partial charge in [-0.05, 0) is 30.9 Å². The van der Waals surface area contributed by atoms with E-state index in [1.165, 1.54) is 5.56 Å². The van der Waals surface area contributed by atoms with Gasteiger partial charge in [0.15, 0.2) is 5.78 Å². The van der Waals surface area contributed by atoms with Gasteiger partial charge in [-0.2, -0.15) is 0 Å². The number of hydrogen-bond acceptors (Lipinski definition) is 2. The maximum atomic E-state index is 12.6. The van der Waals surface area contributed by atoms with E-state index in [0.717, 1.165) is 31.2 Å². The molecular weight excluding hydrogens is 222 g/mol. The number of aryl methyl sites for hydroxylation is 1. The van der Waals surface area contributed by atoms with Crippen LogP contribution in [0.4, 0.5) is 0 Å². The average molecular weight is 247 g/mol. The smallest absolute Gasteiger partial charge is 0.170 e. The van der Waals surface area contributed by atoms with Gasteiger partial charge in [-0.3, -0.25) is 4.79 Å². The van der Waals surface area contributed by atoms with E-state index in [-0.39, 0.29) is 11.2 Å². The molecule has 0 aliphatic heterocycles. The number of carbonyl (C=O) groups excluding carboxylic acids is 1. The molecule has 0 saturated carbocycles. The fourth-order valence-corrected chi connectivity index (χ4v) is 2.42. The zero-order valence-corrected chi connectivity index (χ0v) is 11.8. The van der Waals surface area contributed by atoms with Gasteiger partial charge in [-0.25, -0.2) is 0 Å². The minimum Gasteiger partial charge on any atom is -0.329 e. The van der Waals surface area contributed by atoms with Crippen molar-refractivity contribution in [2.45, 2.75) is 46.5 Å². The van der Waals surface area contributed by atoms with Crippen molar-refractivity contribution < 1.29 is 4.79 Å². The van der Waals surface area contributed by atoms with Crippen LogP contribution in [-0.2, 0) is 6.42 Å². The van der Waals surface area contributed by atoms with Crippen LogP contribution in [0.2, 0.25) is 0 Å². The Hall–Kier alpha value is -1.15. The predicted octanol–water partition coefficient (Wildman–Crippen LogP) is 3.59. The third kappa shape index (κ3) is 2.99. The summed E-state index contributed by atoms with van der Waals surface area (Å²) in [7, 11) is 0.